The van der Waals surface area contributed by atoms with Gasteiger partial charge in [0.05, 0.1) is 12.5 Å². The second-order valence-corrected chi connectivity index (χ2v) is 6.41. The van der Waals surface area contributed by atoms with Gasteiger partial charge in [-0.15, -0.1) is 0 Å². The molecule has 1 aromatic carbocycles. The zero-order valence-corrected chi connectivity index (χ0v) is 15.6. The third-order valence-corrected chi connectivity index (χ3v) is 4.61. The Hall–Kier alpha value is -2.48. The van der Waals surface area contributed by atoms with Gasteiger partial charge in [-0.2, -0.15) is 0 Å². The van der Waals surface area contributed by atoms with E-state index in [1.807, 2.05) is 0 Å². The molecule has 142 valence electrons. The van der Waals surface area contributed by atoms with E-state index in [4.69, 9.17) is 42.8 Å². The van der Waals surface area contributed by atoms with Crippen molar-refractivity contribution >= 4 is 29.2 Å². The standard InChI is InChI=1S/C18H15Cl2NO6/c1-2-25-18(24)14-13(12-9(19)4-3-5-10(12)20)16-15(27-17(14)21)11(23)6-8(7-22)26-16/h3-6,13,22H,2,7,21H2,1H3/t13-/m0/s1. The number of fused-ring (bicyclic) bond motifs is 1. The van der Waals surface area contributed by atoms with E-state index in [1.54, 1.807) is 25.1 Å². The Morgan fingerprint density at radius 3 is 2.59 bits per heavy atom. The number of nitrogens with two attached hydrogens (primary N) is 1. The van der Waals surface area contributed by atoms with Crippen LogP contribution in [0.15, 0.2) is 44.9 Å². The van der Waals surface area contributed by atoms with Gasteiger partial charge in [0.2, 0.25) is 17.1 Å². The fourth-order valence-electron chi connectivity index (χ4n) is 2.85. The summed E-state index contributed by atoms with van der Waals surface area (Å²) in [6.07, 6.45) is 0. The first-order valence-corrected chi connectivity index (χ1v) is 8.70. The lowest BCUT2D eigenvalue weighted by molar-refractivity contribution is -0.139. The quantitative estimate of drug-likeness (QED) is 0.743. The van der Waals surface area contributed by atoms with E-state index in [1.165, 1.54) is 0 Å². The number of aliphatic hydroxyl groups excluding tert-OH is 1. The zero-order chi connectivity index (χ0) is 19.7. The maximum Gasteiger partial charge on any atom is 0.340 e. The van der Waals surface area contributed by atoms with Gasteiger partial charge in [-0.25, -0.2) is 4.79 Å². The third-order valence-electron chi connectivity index (χ3n) is 3.95. The molecule has 1 aliphatic rings. The number of carbonyl (C=O) groups excluding carboxylic acids is 1. The average molecular weight is 412 g/mol. The molecule has 0 radical (unpaired) electrons. The summed E-state index contributed by atoms with van der Waals surface area (Å²) >= 11 is 12.7. The monoisotopic (exact) mass is 411 g/mol. The highest BCUT2D eigenvalue weighted by Crippen LogP contribution is 2.46. The average Bonchev–Trinajstić information content (AvgIpc) is 2.62. The van der Waals surface area contributed by atoms with Crippen LogP contribution in [-0.4, -0.2) is 17.7 Å². The minimum Gasteiger partial charge on any atom is -0.462 e. The van der Waals surface area contributed by atoms with Gasteiger partial charge in [0.15, 0.2) is 5.76 Å². The maximum atomic E-state index is 12.6. The highest BCUT2D eigenvalue weighted by molar-refractivity contribution is 6.36. The molecule has 2 aromatic rings. The molecule has 3 rings (SSSR count). The Kier molecular flexibility index (Phi) is 5.46. The summed E-state index contributed by atoms with van der Waals surface area (Å²) in [6, 6.07) is 5.86. The van der Waals surface area contributed by atoms with Gasteiger partial charge < -0.3 is 24.7 Å². The fourth-order valence-corrected chi connectivity index (χ4v) is 3.46. The Morgan fingerprint density at radius 1 is 1.33 bits per heavy atom. The van der Waals surface area contributed by atoms with Crippen molar-refractivity contribution in [3.63, 3.8) is 0 Å². The predicted octanol–water partition coefficient (Wildman–Crippen LogP) is 2.70. The van der Waals surface area contributed by atoms with Crippen molar-refractivity contribution in [2.45, 2.75) is 19.4 Å². The van der Waals surface area contributed by atoms with Crippen LogP contribution in [-0.2, 0) is 16.1 Å². The molecule has 27 heavy (non-hydrogen) atoms. The van der Waals surface area contributed by atoms with Gasteiger partial charge in [-0.05, 0) is 19.1 Å². The van der Waals surface area contributed by atoms with Crippen molar-refractivity contribution < 1.29 is 23.8 Å². The summed E-state index contributed by atoms with van der Waals surface area (Å²) in [6.45, 7) is 1.19. The summed E-state index contributed by atoms with van der Waals surface area (Å²) in [5.41, 5.74) is 5.56. The molecule has 1 aromatic heterocycles. The van der Waals surface area contributed by atoms with E-state index in [9.17, 15) is 14.7 Å². The van der Waals surface area contributed by atoms with Crippen molar-refractivity contribution in [2.24, 2.45) is 5.73 Å². The second kappa shape index (κ2) is 7.64. The summed E-state index contributed by atoms with van der Waals surface area (Å²) in [4.78, 5) is 25.0. The molecule has 3 N–H and O–H groups in total. The van der Waals surface area contributed by atoms with Crippen molar-refractivity contribution in [1.82, 2.24) is 0 Å². The molecule has 7 nitrogen and oxygen atoms in total. The molecule has 0 saturated carbocycles. The lowest BCUT2D eigenvalue weighted by Crippen LogP contribution is -2.30. The fraction of sp³-hybridized carbons (Fsp3) is 0.222. The number of halogens is 2. The first-order chi connectivity index (χ1) is 12.9. The minimum atomic E-state index is -1.05. The molecular weight excluding hydrogens is 397 g/mol. The van der Waals surface area contributed by atoms with Crippen molar-refractivity contribution in [2.75, 3.05) is 6.61 Å². The van der Waals surface area contributed by atoms with Crippen LogP contribution in [0.1, 0.15) is 29.9 Å². The number of hydrogen-bond acceptors (Lipinski definition) is 7. The lowest BCUT2D eigenvalue weighted by atomic mass is 9.86. The minimum absolute atomic E-state index is 0.0146. The molecular formula is C18H15Cl2NO6. The predicted molar refractivity (Wildman–Crippen MR) is 97.7 cm³/mol. The number of ether oxygens (including phenoxy) is 2. The number of esters is 1. The van der Waals surface area contributed by atoms with Crippen LogP contribution < -0.4 is 15.9 Å². The van der Waals surface area contributed by atoms with Crippen molar-refractivity contribution in [3.05, 3.63) is 73.1 Å². The zero-order valence-electron chi connectivity index (χ0n) is 14.1. The summed E-state index contributed by atoms with van der Waals surface area (Å²) < 4.78 is 16.1. The first-order valence-electron chi connectivity index (χ1n) is 7.95. The molecule has 2 heterocycles. The molecule has 0 aliphatic carbocycles. The number of aliphatic hydroxyl groups is 1. The van der Waals surface area contributed by atoms with Gasteiger partial charge in [-0.1, -0.05) is 29.3 Å². The van der Waals surface area contributed by atoms with E-state index >= 15 is 0 Å². The van der Waals surface area contributed by atoms with Crippen LogP contribution in [0.2, 0.25) is 10.0 Å². The molecule has 1 aliphatic heterocycles. The number of hydrogen-bond donors (Lipinski definition) is 2. The van der Waals surface area contributed by atoms with Crippen LogP contribution in [0.25, 0.3) is 0 Å². The molecule has 1 atom stereocenters. The molecule has 0 amide bonds. The Morgan fingerprint density at radius 2 is 2.00 bits per heavy atom. The van der Waals surface area contributed by atoms with Crippen molar-refractivity contribution in [1.29, 1.82) is 0 Å². The van der Waals surface area contributed by atoms with Crippen LogP contribution in [0, 0.1) is 0 Å². The first kappa shape index (κ1) is 19.3. The highest BCUT2D eigenvalue weighted by Gasteiger charge is 2.41. The molecule has 9 heteroatoms. The van der Waals surface area contributed by atoms with E-state index in [2.05, 4.69) is 0 Å². The molecule has 0 saturated heterocycles. The van der Waals surface area contributed by atoms with Gasteiger partial charge in [0.25, 0.3) is 0 Å². The molecule has 0 fully saturated rings. The van der Waals surface area contributed by atoms with Gasteiger partial charge in [0.1, 0.15) is 17.9 Å². The Labute approximate surface area is 163 Å². The van der Waals surface area contributed by atoms with E-state index < -0.39 is 23.9 Å². The van der Waals surface area contributed by atoms with E-state index in [0.29, 0.717) is 5.56 Å². The SMILES string of the molecule is CCOC(=O)C1=C(N)Oc2c(oc(CO)cc2=O)[C@H]1c1c(Cl)cccc1Cl. The van der Waals surface area contributed by atoms with Crippen LogP contribution in [0.4, 0.5) is 0 Å². The molecule has 0 bridgehead atoms. The van der Waals surface area contributed by atoms with Crippen LogP contribution in [0.5, 0.6) is 5.75 Å². The van der Waals surface area contributed by atoms with Crippen LogP contribution >= 0.6 is 23.2 Å². The molecule has 0 unspecified atom stereocenters. The largest absolute Gasteiger partial charge is 0.462 e. The van der Waals surface area contributed by atoms with Crippen molar-refractivity contribution in [3.8, 4) is 5.75 Å². The van der Waals surface area contributed by atoms with Crippen LogP contribution in [0.3, 0.4) is 0 Å². The van der Waals surface area contributed by atoms with E-state index in [-0.39, 0.29) is 45.4 Å². The maximum absolute atomic E-state index is 12.6. The number of carbonyl (C=O) groups is 1. The summed E-state index contributed by atoms with van der Waals surface area (Å²) in [7, 11) is 0. The normalized spacial score (nSPS) is 15.9. The second-order valence-electron chi connectivity index (χ2n) is 5.60. The van der Waals surface area contributed by atoms with Gasteiger partial charge >= 0.3 is 5.97 Å². The Balaban J connectivity index is 2.35. The number of benzene rings is 1. The summed E-state index contributed by atoms with van der Waals surface area (Å²) in [5.74, 6) is -2.39. The lowest BCUT2D eigenvalue weighted by Gasteiger charge is -2.27. The van der Waals surface area contributed by atoms with Gasteiger partial charge in [-0.3, -0.25) is 4.79 Å². The topological polar surface area (TPSA) is 112 Å². The van der Waals surface area contributed by atoms with E-state index in [0.717, 1.165) is 6.07 Å². The summed E-state index contributed by atoms with van der Waals surface area (Å²) in [5, 5.41) is 9.84. The third kappa shape index (κ3) is 3.41. The Bertz CT molecular complexity index is 978. The van der Waals surface area contributed by atoms with Gasteiger partial charge in [0, 0.05) is 21.7 Å². The smallest absolute Gasteiger partial charge is 0.340 e. The highest BCUT2D eigenvalue weighted by atomic mass is 35.5. The number of rotatable bonds is 4. The molecule has 0 spiro atoms.